The van der Waals surface area contributed by atoms with Gasteiger partial charge in [0.25, 0.3) is 0 Å². The highest BCUT2D eigenvalue weighted by Crippen LogP contribution is 2.27. The molecule has 1 heteroatoms. The molecule has 1 rings (SSSR count). The van der Waals surface area contributed by atoms with E-state index in [0.717, 1.165) is 5.56 Å². The molecule has 0 bridgehead atoms. The Morgan fingerprint density at radius 2 is 1.71 bits per heavy atom. The van der Waals surface area contributed by atoms with Gasteiger partial charge in [-0.3, -0.25) is 0 Å². The lowest BCUT2D eigenvalue weighted by Crippen LogP contribution is -1.99. The SMILES string of the molecule is CCCCCC(CCC)c1ccc(C#N)cc1. The van der Waals surface area contributed by atoms with Crippen LogP contribution >= 0.6 is 0 Å². The first-order valence-corrected chi connectivity index (χ1v) is 6.81. The topological polar surface area (TPSA) is 23.8 Å². The van der Waals surface area contributed by atoms with Gasteiger partial charge in [0.05, 0.1) is 11.6 Å². The van der Waals surface area contributed by atoms with Gasteiger partial charge in [-0.2, -0.15) is 5.26 Å². The minimum atomic E-state index is 0.680. The standard InChI is InChI=1S/C16H23N/c1-3-5-6-8-15(7-4-2)16-11-9-14(13-17)10-12-16/h9-12,15H,3-8H2,1-2H3. The highest BCUT2D eigenvalue weighted by molar-refractivity contribution is 5.33. The van der Waals surface area contributed by atoms with Gasteiger partial charge in [0, 0.05) is 0 Å². The molecular formula is C16H23N. The molecule has 0 N–H and O–H groups in total. The molecule has 1 unspecified atom stereocenters. The molecule has 0 aliphatic heterocycles. The Kier molecular flexibility index (Phi) is 6.40. The molecule has 0 aliphatic carbocycles. The molecule has 0 saturated heterocycles. The molecule has 1 atom stereocenters. The van der Waals surface area contributed by atoms with E-state index in [-0.39, 0.29) is 0 Å². The zero-order chi connectivity index (χ0) is 12.5. The fraction of sp³-hybridized carbons (Fsp3) is 0.562. The van der Waals surface area contributed by atoms with E-state index in [9.17, 15) is 0 Å². The van der Waals surface area contributed by atoms with Crippen molar-refractivity contribution in [2.24, 2.45) is 0 Å². The van der Waals surface area contributed by atoms with E-state index in [1.54, 1.807) is 0 Å². The quantitative estimate of drug-likeness (QED) is 0.602. The van der Waals surface area contributed by atoms with Crippen molar-refractivity contribution in [3.8, 4) is 6.07 Å². The van der Waals surface area contributed by atoms with Gasteiger partial charge < -0.3 is 0 Å². The van der Waals surface area contributed by atoms with Gasteiger partial charge in [-0.15, -0.1) is 0 Å². The summed E-state index contributed by atoms with van der Waals surface area (Å²) in [7, 11) is 0. The highest BCUT2D eigenvalue weighted by Gasteiger charge is 2.10. The third-order valence-electron chi connectivity index (χ3n) is 3.30. The van der Waals surface area contributed by atoms with Crippen LogP contribution in [0.3, 0.4) is 0 Å². The second-order valence-electron chi connectivity index (χ2n) is 4.72. The predicted octanol–water partition coefficient (Wildman–Crippen LogP) is 5.02. The molecule has 1 aromatic rings. The Balaban J connectivity index is 2.64. The third-order valence-corrected chi connectivity index (χ3v) is 3.30. The van der Waals surface area contributed by atoms with Crippen LogP contribution in [-0.2, 0) is 0 Å². The van der Waals surface area contributed by atoms with Crippen LogP contribution in [0.15, 0.2) is 24.3 Å². The van der Waals surface area contributed by atoms with Crippen molar-refractivity contribution in [2.75, 3.05) is 0 Å². The maximum Gasteiger partial charge on any atom is 0.0991 e. The highest BCUT2D eigenvalue weighted by atomic mass is 14.2. The molecule has 0 radical (unpaired) electrons. The molecule has 0 amide bonds. The number of hydrogen-bond acceptors (Lipinski definition) is 1. The summed E-state index contributed by atoms with van der Waals surface area (Å²) in [4.78, 5) is 0. The molecule has 0 aromatic heterocycles. The van der Waals surface area contributed by atoms with Crippen molar-refractivity contribution in [3.05, 3.63) is 35.4 Å². The minimum Gasteiger partial charge on any atom is -0.192 e. The smallest absolute Gasteiger partial charge is 0.0991 e. The van der Waals surface area contributed by atoms with Gasteiger partial charge >= 0.3 is 0 Å². The van der Waals surface area contributed by atoms with Crippen LogP contribution in [0.2, 0.25) is 0 Å². The number of rotatable bonds is 7. The fourth-order valence-corrected chi connectivity index (χ4v) is 2.30. The lowest BCUT2D eigenvalue weighted by molar-refractivity contribution is 0.529. The van der Waals surface area contributed by atoms with Crippen LogP contribution in [0.5, 0.6) is 0 Å². The predicted molar refractivity (Wildman–Crippen MR) is 72.9 cm³/mol. The van der Waals surface area contributed by atoms with Crippen LogP contribution in [0.25, 0.3) is 0 Å². The maximum absolute atomic E-state index is 8.79. The van der Waals surface area contributed by atoms with Gasteiger partial charge in [0.2, 0.25) is 0 Å². The van der Waals surface area contributed by atoms with Gasteiger partial charge in [-0.25, -0.2) is 0 Å². The lowest BCUT2D eigenvalue weighted by Gasteiger charge is -2.16. The number of nitrogens with zero attached hydrogens (tertiary/aromatic N) is 1. The van der Waals surface area contributed by atoms with E-state index in [4.69, 9.17) is 5.26 Å². The third kappa shape index (κ3) is 4.61. The first-order chi connectivity index (χ1) is 8.31. The number of hydrogen-bond donors (Lipinski definition) is 0. The van der Waals surface area contributed by atoms with Crippen molar-refractivity contribution in [1.82, 2.24) is 0 Å². The van der Waals surface area contributed by atoms with Crippen LogP contribution in [0, 0.1) is 11.3 Å². The summed E-state index contributed by atoms with van der Waals surface area (Å²) in [5, 5.41) is 8.79. The van der Waals surface area contributed by atoms with Crippen molar-refractivity contribution in [3.63, 3.8) is 0 Å². The van der Waals surface area contributed by atoms with E-state index >= 15 is 0 Å². The molecule has 0 fully saturated rings. The van der Waals surface area contributed by atoms with Crippen LogP contribution < -0.4 is 0 Å². The molecular weight excluding hydrogens is 206 g/mol. The van der Waals surface area contributed by atoms with Crippen LogP contribution in [-0.4, -0.2) is 0 Å². The lowest BCUT2D eigenvalue weighted by atomic mass is 9.89. The zero-order valence-electron chi connectivity index (χ0n) is 11.1. The number of benzene rings is 1. The normalized spacial score (nSPS) is 12.1. The van der Waals surface area contributed by atoms with Crippen LogP contribution in [0.4, 0.5) is 0 Å². The minimum absolute atomic E-state index is 0.680. The summed E-state index contributed by atoms with van der Waals surface area (Å²) < 4.78 is 0. The Hall–Kier alpha value is -1.29. The summed E-state index contributed by atoms with van der Waals surface area (Å²) in [6.45, 7) is 4.49. The van der Waals surface area contributed by atoms with E-state index in [1.165, 1.54) is 44.1 Å². The molecule has 0 heterocycles. The average molecular weight is 229 g/mol. The Labute approximate surface area is 105 Å². The molecule has 92 valence electrons. The van der Waals surface area contributed by atoms with Crippen molar-refractivity contribution in [1.29, 1.82) is 5.26 Å². The van der Waals surface area contributed by atoms with E-state index in [0.29, 0.717) is 5.92 Å². The zero-order valence-corrected chi connectivity index (χ0v) is 11.1. The molecule has 17 heavy (non-hydrogen) atoms. The van der Waals surface area contributed by atoms with Crippen molar-refractivity contribution in [2.45, 2.75) is 58.3 Å². The summed E-state index contributed by atoms with van der Waals surface area (Å²) in [5.41, 5.74) is 2.17. The summed E-state index contributed by atoms with van der Waals surface area (Å²) in [6, 6.07) is 10.3. The van der Waals surface area contributed by atoms with Gasteiger partial charge in [-0.05, 0) is 36.5 Å². The van der Waals surface area contributed by atoms with Gasteiger partial charge in [0.15, 0.2) is 0 Å². The monoisotopic (exact) mass is 229 g/mol. The average Bonchev–Trinajstić information content (AvgIpc) is 2.38. The second-order valence-corrected chi connectivity index (χ2v) is 4.72. The molecule has 1 nitrogen and oxygen atoms in total. The van der Waals surface area contributed by atoms with E-state index in [2.05, 4.69) is 32.0 Å². The first-order valence-electron chi connectivity index (χ1n) is 6.81. The Morgan fingerprint density at radius 3 is 2.24 bits per heavy atom. The molecule has 0 spiro atoms. The van der Waals surface area contributed by atoms with E-state index < -0.39 is 0 Å². The van der Waals surface area contributed by atoms with Crippen molar-refractivity contribution >= 4 is 0 Å². The summed E-state index contributed by atoms with van der Waals surface area (Å²) in [6.07, 6.45) is 7.71. The van der Waals surface area contributed by atoms with E-state index in [1.807, 2.05) is 12.1 Å². The number of unbranched alkanes of at least 4 members (excludes halogenated alkanes) is 2. The Morgan fingerprint density at radius 1 is 1.00 bits per heavy atom. The van der Waals surface area contributed by atoms with Gasteiger partial charge in [-0.1, -0.05) is 51.7 Å². The molecule has 1 aromatic carbocycles. The van der Waals surface area contributed by atoms with Gasteiger partial charge in [0.1, 0.15) is 0 Å². The Bertz CT molecular complexity index is 345. The number of nitriles is 1. The molecule has 0 saturated carbocycles. The summed E-state index contributed by atoms with van der Waals surface area (Å²) >= 11 is 0. The first kappa shape index (κ1) is 13.8. The van der Waals surface area contributed by atoms with Crippen molar-refractivity contribution < 1.29 is 0 Å². The van der Waals surface area contributed by atoms with Crippen LogP contribution in [0.1, 0.15) is 69.4 Å². The fourth-order valence-electron chi connectivity index (χ4n) is 2.30. The maximum atomic E-state index is 8.79. The molecule has 0 aliphatic rings. The summed E-state index contributed by atoms with van der Waals surface area (Å²) in [5.74, 6) is 0.680. The second kappa shape index (κ2) is 7.90. The largest absolute Gasteiger partial charge is 0.192 e.